The highest BCUT2D eigenvalue weighted by atomic mass is 16.5. The maximum atomic E-state index is 11.8. The maximum absolute atomic E-state index is 11.8. The molecule has 0 atom stereocenters. The van der Waals surface area contributed by atoms with Crippen LogP contribution in [0, 0.1) is 0 Å². The van der Waals surface area contributed by atoms with E-state index in [1.807, 2.05) is 6.07 Å². The van der Waals surface area contributed by atoms with Gasteiger partial charge in [-0.15, -0.1) is 0 Å². The zero-order valence-corrected chi connectivity index (χ0v) is 15.8. The summed E-state index contributed by atoms with van der Waals surface area (Å²) >= 11 is 0. The molecule has 2 aromatic rings. The Bertz CT molecular complexity index is 771. The number of phenolic OH excluding ortho intramolecular Hbond substituents is 1. The van der Waals surface area contributed by atoms with Crippen molar-refractivity contribution in [2.75, 3.05) is 31.7 Å². The number of hydrogen-bond acceptors (Lipinski definition) is 6. The second kappa shape index (κ2) is 10.1. The first-order chi connectivity index (χ1) is 13.1. The van der Waals surface area contributed by atoms with Gasteiger partial charge in [-0.3, -0.25) is 4.79 Å². The van der Waals surface area contributed by atoms with Crippen molar-refractivity contribution in [1.29, 1.82) is 0 Å². The van der Waals surface area contributed by atoms with Crippen LogP contribution in [-0.2, 0) is 4.79 Å². The largest absolute Gasteiger partial charge is 0.507 e. The lowest BCUT2D eigenvalue weighted by Gasteiger charge is -2.21. The van der Waals surface area contributed by atoms with Gasteiger partial charge in [-0.1, -0.05) is 0 Å². The van der Waals surface area contributed by atoms with E-state index in [4.69, 9.17) is 9.47 Å². The minimum Gasteiger partial charge on any atom is -0.507 e. The third-order valence-corrected chi connectivity index (χ3v) is 3.96. The fraction of sp³-hybridized carbons (Fsp3) is 0.300. The van der Waals surface area contributed by atoms with Gasteiger partial charge in [0.25, 0.3) is 5.91 Å². The van der Waals surface area contributed by atoms with Crippen LogP contribution in [-0.4, -0.2) is 44.0 Å². The number of amides is 1. The molecule has 0 aliphatic heterocycles. The minimum atomic E-state index is -0.402. The van der Waals surface area contributed by atoms with Crippen LogP contribution < -0.4 is 19.8 Å². The number of hydrogen-bond donors (Lipinski definition) is 2. The van der Waals surface area contributed by atoms with E-state index in [-0.39, 0.29) is 12.4 Å². The van der Waals surface area contributed by atoms with Crippen molar-refractivity contribution in [2.24, 2.45) is 5.10 Å². The predicted octanol–water partition coefficient (Wildman–Crippen LogP) is 2.78. The van der Waals surface area contributed by atoms with E-state index in [1.54, 1.807) is 43.5 Å². The number of rotatable bonds is 9. The Morgan fingerprint density at radius 1 is 1.15 bits per heavy atom. The van der Waals surface area contributed by atoms with Crippen LogP contribution >= 0.6 is 0 Å². The summed E-state index contributed by atoms with van der Waals surface area (Å²) in [5.41, 5.74) is 3.82. The van der Waals surface area contributed by atoms with Gasteiger partial charge in [-0.25, -0.2) is 5.43 Å². The molecule has 7 nitrogen and oxygen atoms in total. The summed E-state index contributed by atoms with van der Waals surface area (Å²) in [5.74, 6) is 0.969. The fourth-order valence-corrected chi connectivity index (χ4v) is 2.45. The highest BCUT2D eigenvalue weighted by Gasteiger charge is 2.06. The number of ether oxygens (including phenoxy) is 2. The summed E-state index contributed by atoms with van der Waals surface area (Å²) in [6.45, 7) is 5.65. The molecule has 2 aromatic carbocycles. The highest BCUT2D eigenvalue weighted by Crippen LogP contribution is 2.23. The number of phenols is 1. The molecule has 0 saturated heterocycles. The van der Waals surface area contributed by atoms with E-state index in [0.717, 1.165) is 18.8 Å². The molecular formula is C20H25N3O4. The minimum absolute atomic E-state index is 0.104. The molecule has 0 aromatic heterocycles. The lowest BCUT2D eigenvalue weighted by molar-refractivity contribution is -0.123. The van der Waals surface area contributed by atoms with E-state index in [1.165, 1.54) is 6.21 Å². The molecule has 0 heterocycles. The zero-order valence-electron chi connectivity index (χ0n) is 15.8. The number of aromatic hydroxyl groups is 1. The van der Waals surface area contributed by atoms with Crippen molar-refractivity contribution >= 4 is 17.8 Å². The molecule has 0 fully saturated rings. The van der Waals surface area contributed by atoms with Crippen LogP contribution in [0.15, 0.2) is 47.6 Å². The van der Waals surface area contributed by atoms with Crippen LogP contribution in [0.4, 0.5) is 5.69 Å². The molecule has 2 N–H and O–H groups in total. The molecule has 0 bridgehead atoms. The van der Waals surface area contributed by atoms with Crippen LogP contribution in [0.5, 0.6) is 17.2 Å². The number of carbonyl (C=O) groups excluding carboxylic acids is 1. The van der Waals surface area contributed by atoms with E-state index >= 15 is 0 Å². The van der Waals surface area contributed by atoms with Gasteiger partial charge in [-0.05, 0) is 50.2 Å². The number of anilines is 1. The topological polar surface area (TPSA) is 83.4 Å². The smallest absolute Gasteiger partial charge is 0.277 e. The Kier molecular flexibility index (Phi) is 7.49. The Morgan fingerprint density at radius 3 is 2.41 bits per heavy atom. The molecule has 0 radical (unpaired) electrons. The molecule has 144 valence electrons. The number of hydrazone groups is 1. The Labute approximate surface area is 159 Å². The average molecular weight is 371 g/mol. The molecule has 0 aliphatic carbocycles. The Morgan fingerprint density at radius 2 is 1.81 bits per heavy atom. The zero-order chi connectivity index (χ0) is 19.6. The second-order valence-corrected chi connectivity index (χ2v) is 5.67. The second-order valence-electron chi connectivity index (χ2n) is 5.67. The van der Waals surface area contributed by atoms with Gasteiger partial charge < -0.3 is 19.5 Å². The summed E-state index contributed by atoms with van der Waals surface area (Å²) in [7, 11) is 1.58. The molecule has 7 heteroatoms. The van der Waals surface area contributed by atoms with E-state index in [0.29, 0.717) is 17.1 Å². The van der Waals surface area contributed by atoms with Gasteiger partial charge in [0.2, 0.25) is 0 Å². The van der Waals surface area contributed by atoms with E-state index in [9.17, 15) is 9.90 Å². The van der Waals surface area contributed by atoms with Crippen LogP contribution in [0.1, 0.15) is 19.4 Å². The van der Waals surface area contributed by atoms with Crippen molar-refractivity contribution in [3.8, 4) is 17.2 Å². The van der Waals surface area contributed by atoms with Crippen molar-refractivity contribution < 1.29 is 19.4 Å². The van der Waals surface area contributed by atoms with Gasteiger partial charge in [0.1, 0.15) is 17.2 Å². The van der Waals surface area contributed by atoms with Crippen LogP contribution in [0.3, 0.4) is 0 Å². The lowest BCUT2D eigenvalue weighted by atomic mass is 10.2. The van der Waals surface area contributed by atoms with E-state index in [2.05, 4.69) is 29.3 Å². The van der Waals surface area contributed by atoms with Crippen molar-refractivity contribution in [3.63, 3.8) is 0 Å². The van der Waals surface area contributed by atoms with Gasteiger partial charge in [0.15, 0.2) is 6.61 Å². The lowest BCUT2D eigenvalue weighted by Crippen LogP contribution is -2.24. The van der Waals surface area contributed by atoms with Gasteiger partial charge in [-0.2, -0.15) is 5.10 Å². The van der Waals surface area contributed by atoms with Gasteiger partial charge >= 0.3 is 0 Å². The molecule has 27 heavy (non-hydrogen) atoms. The third-order valence-electron chi connectivity index (χ3n) is 3.96. The number of methoxy groups -OCH3 is 1. The molecule has 0 aliphatic rings. The van der Waals surface area contributed by atoms with Crippen molar-refractivity contribution in [3.05, 3.63) is 48.0 Å². The number of carbonyl (C=O) groups is 1. The molecule has 0 saturated carbocycles. The number of nitrogens with one attached hydrogen (secondary N) is 1. The van der Waals surface area contributed by atoms with Crippen molar-refractivity contribution in [2.45, 2.75) is 13.8 Å². The number of benzene rings is 2. The van der Waals surface area contributed by atoms with Gasteiger partial charge in [0.05, 0.1) is 13.3 Å². The maximum Gasteiger partial charge on any atom is 0.277 e. The molecule has 0 unspecified atom stereocenters. The molecule has 0 spiro atoms. The standard InChI is InChI=1S/C20H25N3O4/c1-4-23(5-2)16-7-6-15(19(24)12-16)13-21-22-20(25)14-27-18-10-8-17(26-3)9-11-18/h6-13,24H,4-5,14H2,1-3H3,(H,22,25)/b21-13+. The highest BCUT2D eigenvalue weighted by molar-refractivity contribution is 5.86. The van der Waals surface area contributed by atoms with Gasteiger partial charge in [0, 0.05) is 30.4 Å². The first-order valence-corrected chi connectivity index (χ1v) is 8.74. The monoisotopic (exact) mass is 371 g/mol. The van der Waals surface area contributed by atoms with E-state index < -0.39 is 5.91 Å². The Balaban J connectivity index is 1.85. The Hall–Kier alpha value is -3.22. The van der Waals surface area contributed by atoms with Crippen molar-refractivity contribution in [1.82, 2.24) is 5.43 Å². The summed E-state index contributed by atoms with van der Waals surface area (Å²) in [6.07, 6.45) is 1.40. The average Bonchev–Trinajstić information content (AvgIpc) is 2.69. The molecule has 1 amide bonds. The molecule has 2 rings (SSSR count). The normalized spacial score (nSPS) is 10.6. The first kappa shape index (κ1) is 20.1. The summed E-state index contributed by atoms with van der Waals surface area (Å²) < 4.78 is 10.4. The fourth-order valence-electron chi connectivity index (χ4n) is 2.45. The van der Waals surface area contributed by atoms with Crippen LogP contribution in [0.2, 0.25) is 0 Å². The summed E-state index contributed by atoms with van der Waals surface area (Å²) in [5, 5.41) is 14.0. The number of nitrogens with zero attached hydrogens (tertiary/aromatic N) is 2. The summed E-state index contributed by atoms with van der Waals surface area (Å²) in [4.78, 5) is 13.9. The van der Waals surface area contributed by atoms with Crippen LogP contribution in [0.25, 0.3) is 0 Å². The molecular weight excluding hydrogens is 346 g/mol. The summed E-state index contributed by atoms with van der Waals surface area (Å²) in [6, 6.07) is 12.3. The SMILES string of the molecule is CCN(CC)c1ccc(/C=N/NC(=O)COc2ccc(OC)cc2)c(O)c1. The third kappa shape index (κ3) is 5.91. The first-order valence-electron chi connectivity index (χ1n) is 8.74. The quantitative estimate of drug-likeness (QED) is 0.523. The predicted molar refractivity (Wildman–Crippen MR) is 106 cm³/mol.